The maximum Gasteiger partial charge on any atom is 0.410 e. The lowest BCUT2D eigenvalue weighted by Crippen LogP contribution is -2.47. The SMILES string of the molecule is O=C(OCc1ccccc1)N1CC[C@@H](CO)[C@H](O)C1. The molecule has 0 aromatic heterocycles. The molecule has 2 rings (SSSR count). The molecule has 0 aliphatic carbocycles. The van der Waals surface area contributed by atoms with E-state index in [-0.39, 0.29) is 25.7 Å². The number of ether oxygens (including phenoxy) is 1. The van der Waals surface area contributed by atoms with Gasteiger partial charge >= 0.3 is 6.09 Å². The van der Waals surface area contributed by atoms with Gasteiger partial charge in [0.2, 0.25) is 0 Å². The number of carbonyl (C=O) groups is 1. The van der Waals surface area contributed by atoms with Crippen LogP contribution < -0.4 is 0 Å². The summed E-state index contributed by atoms with van der Waals surface area (Å²) in [7, 11) is 0. The average Bonchev–Trinajstić information content (AvgIpc) is 2.45. The quantitative estimate of drug-likeness (QED) is 0.855. The molecule has 1 heterocycles. The van der Waals surface area contributed by atoms with Crippen LogP contribution in [0.3, 0.4) is 0 Å². The number of hydrogen-bond donors (Lipinski definition) is 2. The monoisotopic (exact) mass is 265 g/mol. The number of carbonyl (C=O) groups excluding carboxylic acids is 1. The van der Waals surface area contributed by atoms with Crippen molar-refractivity contribution in [3.8, 4) is 0 Å². The third-order valence-corrected chi connectivity index (χ3v) is 3.42. The minimum atomic E-state index is -0.678. The highest BCUT2D eigenvalue weighted by Crippen LogP contribution is 2.18. The Balaban J connectivity index is 1.81. The predicted molar refractivity (Wildman–Crippen MR) is 69.4 cm³/mol. The fourth-order valence-corrected chi connectivity index (χ4v) is 2.17. The van der Waals surface area contributed by atoms with E-state index in [1.807, 2.05) is 30.3 Å². The van der Waals surface area contributed by atoms with Crippen LogP contribution in [0.5, 0.6) is 0 Å². The zero-order valence-corrected chi connectivity index (χ0v) is 10.7. The minimum Gasteiger partial charge on any atom is -0.445 e. The van der Waals surface area contributed by atoms with Crippen molar-refractivity contribution in [3.05, 3.63) is 35.9 Å². The molecule has 19 heavy (non-hydrogen) atoms. The van der Waals surface area contributed by atoms with Gasteiger partial charge in [0, 0.05) is 19.1 Å². The molecule has 5 nitrogen and oxygen atoms in total. The van der Waals surface area contributed by atoms with Crippen molar-refractivity contribution in [1.29, 1.82) is 0 Å². The molecule has 1 saturated heterocycles. The van der Waals surface area contributed by atoms with Crippen molar-refractivity contribution < 1.29 is 19.7 Å². The van der Waals surface area contributed by atoms with E-state index >= 15 is 0 Å². The molecule has 0 saturated carbocycles. The Morgan fingerprint density at radius 2 is 2.11 bits per heavy atom. The largest absolute Gasteiger partial charge is 0.445 e. The van der Waals surface area contributed by atoms with Crippen LogP contribution in [0, 0.1) is 5.92 Å². The standard InChI is InChI=1S/C14H19NO4/c16-9-12-6-7-15(8-13(12)17)14(18)19-10-11-4-2-1-3-5-11/h1-5,12-13,16-17H,6-10H2/t12-,13+/m0/s1. The first kappa shape index (κ1) is 13.8. The van der Waals surface area contributed by atoms with Gasteiger partial charge in [-0.25, -0.2) is 4.79 Å². The molecule has 1 aromatic rings. The second kappa shape index (κ2) is 6.54. The van der Waals surface area contributed by atoms with Crippen LogP contribution in [-0.2, 0) is 11.3 Å². The number of likely N-dealkylation sites (tertiary alicyclic amines) is 1. The Bertz CT molecular complexity index is 409. The highest BCUT2D eigenvalue weighted by Gasteiger charge is 2.30. The van der Waals surface area contributed by atoms with E-state index in [2.05, 4.69) is 0 Å². The Morgan fingerprint density at radius 1 is 1.37 bits per heavy atom. The fourth-order valence-electron chi connectivity index (χ4n) is 2.17. The average molecular weight is 265 g/mol. The van der Waals surface area contributed by atoms with Gasteiger partial charge in [-0.2, -0.15) is 0 Å². The van der Waals surface area contributed by atoms with E-state index < -0.39 is 12.2 Å². The lowest BCUT2D eigenvalue weighted by atomic mass is 9.95. The van der Waals surface area contributed by atoms with Gasteiger partial charge in [0.15, 0.2) is 0 Å². The lowest BCUT2D eigenvalue weighted by molar-refractivity contribution is -0.00505. The van der Waals surface area contributed by atoms with Crippen LogP contribution in [0.1, 0.15) is 12.0 Å². The molecule has 0 radical (unpaired) electrons. The van der Waals surface area contributed by atoms with Crippen molar-refractivity contribution in [2.24, 2.45) is 5.92 Å². The first-order chi connectivity index (χ1) is 9.20. The molecule has 0 unspecified atom stereocenters. The van der Waals surface area contributed by atoms with Gasteiger partial charge < -0.3 is 19.8 Å². The smallest absolute Gasteiger partial charge is 0.410 e. The number of benzene rings is 1. The van der Waals surface area contributed by atoms with E-state index in [0.717, 1.165) is 5.56 Å². The summed E-state index contributed by atoms with van der Waals surface area (Å²) in [5, 5.41) is 18.8. The van der Waals surface area contributed by atoms with Gasteiger partial charge in [-0.05, 0) is 12.0 Å². The summed E-state index contributed by atoms with van der Waals surface area (Å²) in [5.41, 5.74) is 0.932. The van der Waals surface area contributed by atoms with Gasteiger partial charge in [-0.1, -0.05) is 30.3 Å². The Kier molecular flexibility index (Phi) is 4.76. The van der Waals surface area contributed by atoms with Crippen LogP contribution >= 0.6 is 0 Å². The van der Waals surface area contributed by atoms with Gasteiger partial charge in [-0.15, -0.1) is 0 Å². The summed E-state index contributed by atoms with van der Waals surface area (Å²) in [6, 6.07) is 9.46. The third kappa shape index (κ3) is 3.68. The molecule has 0 bridgehead atoms. The van der Waals surface area contributed by atoms with Crippen LogP contribution in [0.15, 0.2) is 30.3 Å². The van der Waals surface area contributed by atoms with Gasteiger partial charge in [0.25, 0.3) is 0 Å². The molecule has 1 aliphatic rings. The Morgan fingerprint density at radius 3 is 2.74 bits per heavy atom. The molecule has 104 valence electrons. The topological polar surface area (TPSA) is 70.0 Å². The maximum absolute atomic E-state index is 11.8. The third-order valence-electron chi connectivity index (χ3n) is 3.42. The number of amides is 1. The van der Waals surface area contributed by atoms with Gasteiger partial charge in [0.1, 0.15) is 6.61 Å². The van der Waals surface area contributed by atoms with Crippen LogP contribution in [0.25, 0.3) is 0 Å². The normalized spacial score (nSPS) is 23.2. The number of hydrogen-bond acceptors (Lipinski definition) is 4. The van der Waals surface area contributed by atoms with Crippen molar-refractivity contribution in [1.82, 2.24) is 4.90 Å². The number of piperidine rings is 1. The van der Waals surface area contributed by atoms with E-state index in [1.54, 1.807) is 0 Å². The van der Waals surface area contributed by atoms with Crippen molar-refractivity contribution in [3.63, 3.8) is 0 Å². The zero-order valence-electron chi connectivity index (χ0n) is 10.7. The van der Waals surface area contributed by atoms with E-state index in [4.69, 9.17) is 9.84 Å². The number of nitrogens with zero attached hydrogens (tertiary/aromatic N) is 1. The van der Waals surface area contributed by atoms with Crippen molar-refractivity contribution in [2.75, 3.05) is 19.7 Å². The van der Waals surface area contributed by atoms with E-state index in [9.17, 15) is 9.90 Å². The van der Waals surface area contributed by atoms with E-state index in [0.29, 0.717) is 13.0 Å². The summed E-state index contributed by atoms with van der Waals surface area (Å²) in [6.45, 7) is 0.915. The predicted octanol–water partition coefficient (Wildman–Crippen LogP) is 0.998. The first-order valence-corrected chi connectivity index (χ1v) is 6.45. The zero-order chi connectivity index (χ0) is 13.7. The number of rotatable bonds is 3. The van der Waals surface area contributed by atoms with Crippen molar-refractivity contribution >= 4 is 6.09 Å². The molecule has 0 spiro atoms. The lowest BCUT2D eigenvalue weighted by Gasteiger charge is -2.34. The Labute approximate surface area is 112 Å². The number of aliphatic hydroxyl groups is 2. The molecule has 1 aromatic carbocycles. The van der Waals surface area contributed by atoms with Gasteiger partial charge in [0.05, 0.1) is 12.6 Å². The number of aliphatic hydroxyl groups excluding tert-OH is 2. The minimum absolute atomic E-state index is 0.0475. The molecular weight excluding hydrogens is 246 g/mol. The van der Waals surface area contributed by atoms with Crippen LogP contribution in [0.2, 0.25) is 0 Å². The van der Waals surface area contributed by atoms with E-state index in [1.165, 1.54) is 4.90 Å². The summed E-state index contributed by atoms with van der Waals surface area (Å²) in [5.74, 6) is -0.141. The maximum atomic E-state index is 11.8. The molecule has 1 fully saturated rings. The molecule has 2 N–H and O–H groups in total. The second-order valence-electron chi connectivity index (χ2n) is 4.78. The Hall–Kier alpha value is -1.59. The fraction of sp³-hybridized carbons (Fsp3) is 0.500. The summed E-state index contributed by atoms with van der Waals surface area (Å²) in [4.78, 5) is 13.3. The summed E-state index contributed by atoms with van der Waals surface area (Å²) < 4.78 is 5.20. The molecule has 1 amide bonds. The highest BCUT2D eigenvalue weighted by atomic mass is 16.6. The van der Waals surface area contributed by atoms with Crippen LogP contribution in [0.4, 0.5) is 4.79 Å². The van der Waals surface area contributed by atoms with Gasteiger partial charge in [-0.3, -0.25) is 0 Å². The summed E-state index contributed by atoms with van der Waals surface area (Å²) in [6.07, 6.45) is -0.500. The molecule has 5 heteroatoms. The summed E-state index contributed by atoms with van der Waals surface area (Å²) >= 11 is 0. The second-order valence-corrected chi connectivity index (χ2v) is 4.78. The van der Waals surface area contributed by atoms with Crippen LogP contribution in [-0.4, -0.2) is 47.0 Å². The number of β-amino-alcohol motifs (C(OH)–C–C–N with tert-alkyl or cyclic N) is 1. The van der Waals surface area contributed by atoms with Crippen molar-refractivity contribution in [2.45, 2.75) is 19.1 Å². The molecule has 2 atom stereocenters. The highest BCUT2D eigenvalue weighted by molar-refractivity contribution is 5.67. The first-order valence-electron chi connectivity index (χ1n) is 6.45. The molecule has 1 aliphatic heterocycles. The molecular formula is C14H19NO4.